The van der Waals surface area contributed by atoms with Crippen molar-refractivity contribution in [3.63, 3.8) is 0 Å². The number of phenols is 1. The largest absolute Gasteiger partial charge is 0.508 e. The van der Waals surface area contributed by atoms with Crippen LogP contribution in [0.25, 0.3) is 0 Å². The van der Waals surface area contributed by atoms with Gasteiger partial charge in [0.15, 0.2) is 0 Å². The van der Waals surface area contributed by atoms with Crippen molar-refractivity contribution in [2.45, 2.75) is 31.7 Å². The van der Waals surface area contributed by atoms with Gasteiger partial charge in [-0.25, -0.2) is 0 Å². The van der Waals surface area contributed by atoms with Gasteiger partial charge in [0.25, 0.3) is 0 Å². The summed E-state index contributed by atoms with van der Waals surface area (Å²) in [6, 6.07) is 29.4. The summed E-state index contributed by atoms with van der Waals surface area (Å²) in [4.78, 5) is 0. The number of phenolic OH excluding ortho intramolecular Hbond substituents is 1. The van der Waals surface area contributed by atoms with Crippen LogP contribution in [0.5, 0.6) is 5.75 Å². The van der Waals surface area contributed by atoms with Crippen LogP contribution in [0.15, 0.2) is 84.9 Å². The Morgan fingerprint density at radius 1 is 0.778 bits per heavy atom. The van der Waals surface area contributed by atoms with Gasteiger partial charge in [-0.15, -0.1) is 17.0 Å². The minimum atomic E-state index is 0. The van der Waals surface area contributed by atoms with Gasteiger partial charge < -0.3 is 10.4 Å². The minimum absolute atomic E-state index is 0. The van der Waals surface area contributed by atoms with E-state index >= 15 is 0 Å². The monoisotopic (exact) mass is 425 g/mol. The van der Waals surface area contributed by atoms with Gasteiger partial charge >= 0.3 is 0 Å². The lowest BCUT2D eigenvalue weighted by Crippen LogP contribution is -2.30. The molecule has 0 spiro atoms. The van der Waals surface area contributed by atoms with Crippen molar-refractivity contribution in [2.75, 3.05) is 6.54 Å². The molecule has 0 amide bonds. The van der Waals surface area contributed by atoms with Crippen molar-refractivity contribution < 1.29 is 5.11 Å². The lowest BCUT2D eigenvalue weighted by Gasteiger charge is -2.20. The standard InChI is InChI=1S/C24H27NO.BrH/c1-19(18-20-12-14-23(26)15-13-20)25-17-16-24(21-8-4-2-5-9-21)22-10-6-3-7-11-22;/h2-15,19,24-26H,16-18H2,1H3;1H. The third-order valence-electron chi connectivity index (χ3n) is 4.81. The zero-order valence-corrected chi connectivity index (χ0v) is 17.4. The van der Waals surface area contributed by atoms with E-state index < -0.39 is 0 Å². The first-order valence-electron chi connectivity index (χ1n) is 9.33. The molecule has 3 aromatic carbocycles. The van der Waals surface area contributed by atoms with Crippen LogP contribution in [0.2, 0.25) is 0 Å². The maximum Gasteiger partial charge on any atom is 0.115 e. The van der Waals surface area contributed by atoms with Crippen molar-refractivity contribution in [1.82, 2.24) is 5.32 Å². The molecule has 3 rings (SSSR count). The second-order valence-electron chi connectivity index (χ2n) is 6.89. The molecule has 1 atom stereocenters. The summed E-state index contributed by atoms with van der Waals surface area (Å²) in [5.74, 6) is 0.730. The molecule has 1 unspecified atom stereocenters. The van der Waals surface area contributed by atoms with E-state index in [-0.39, 0.29) is 17.0 Å². The minimum Gasteiger partial charge on any atom is -0.508 e. The van der Waals surface area contributed by atoms with Gasteiger partial charge in [-0.3, -0.25) is 0 Å². The Kier molecular flexibility index (Phi) is 8.56. The number of rotatable bonds is 8. The van der Waals surface area contributed by atoms with Crippen LogP contribution >= 0.6 is 17.0 Å². The van der Waals surface area contributed by atoms with Crippen LogP contribution in [0, 0.1) is 0 Å². The highest BCUT2D eigenvalue weighted by Crippen LogP contribution is 2.27. The third-order valence-corrected chi connectivity index (χ3v) is 4.81. The van der Waals surface area contributed by atoms with Gasteiger partial charge in [0.2, 0.25) is 0 Å². The lowest BCUT2D eigenvalue weighted by molar-refractivity contribution is 0.474. The molecule has 0 heterocycles. The van der Waals surface area contributed by atoms with Crippen molar-refractivity contribution in [3.8, 4) is 5.75 Å². The van der Waals surface area contributed by atoms with Gasteiger partial charge in [0.05, 0.1) is 0 Å². The molecule has 3 aromatic rings. The van der Waals surface area contributed by atoms with Gasteiger partial charge in [0.1, 0.15) is 5.75 Å². The van der Waals surface area contributed by atoms with Crippen LogP contribution < -0.4 is 5.32 Å². The summed E-state index contributed by atoms with van der Waals surface area (Å²) < 4.78 is 0. The fraction of sp³-hybridized carbons (Fsp3) is 0.250. The molecule has 0 aliphatic rings. The normalized spacial score (nSPS) is 11.8. The maximum absolute atomic E-state index is 9.39. The summed E-state index contributed by atoms with van der Waals surface area (Å²) in [6.07, 6.45) is 2.02. The molecular formula is C24H28BrNO. The Morgan fingerprint density at radius 3 is 1.81 bits per heavy atom. The molecule has 0 aromatic heterocycles. The fourth-order valence-electron chi connectivity index (χ4n) is 3.43. The topological polar surface area (TPSA) is 32.3 Å². The molecule has 2 N–H and O–H groups in total. The summed E-state index contributed by atoms with van der Waals surface area (Å²) in [6.45, 7) is 3.18. The first-order chi connectivity index (χ1) is 12.7. The number of hydrogen-bond acceptors (Lipinski definition) is 2. The van der Waals surface area contributed by atoms with E-state index in [0.717, 1.165) is 19.4 Å². The Morgan fingerprint density at radius 2 is 1.30 bits per heavy atom. The highest BCUT2D eigenvalue weighted by atomic mass is 79.9. The maximum atomic E-state index is 9.39. The summed E-state index contributed by atoms with van der Waals surface area (Å²) in [5.41, 5.74) is 3.98. The molecule has 0 saturated heterocycles. The molecule has 0 radical (unpaired) electrons. The van der Waals surface area contributed by atoms with Gasteiger partial charge in [0, 0.05) is 12.0 Å². The second-order valence-corrected chi connectivity index (χ2v) is 6.89. The van der Waals surface area contributed by atoms with Gasteiger partial charge in [-0.1, -0.05) is 72.8 Å². The van der Waals surface area contributed by atoms with Crippen LogP contribution in [-0.2, 0) is 6.42 Å². The van der Waals surface area contributed by atoms with E-state index in [2.05, 4.69) is 72.9 Å². The molecular weight excluding hydrogens is 398 g/mol. The van der Waals surface area contributed by atoms with Crippen molar-refractivity contribution in [2.24, 2.45) is 0 Å². The van der Waals surface area contributed by atoms with Crippen LogP contribution in [-0.4, -0.2) is 17.7 Å². The van der Waals surface area contributed by atoms with Crippen molar-refractivity contribution in [1.29, 1.82) is 0 Å². The fourth-order valence-corrected chi connectivity index (χ4v) is 3.43. The highest BCUT2D eigenvalue weighted by molar-refractivity contribution is 8.93. The molecule has 27 heavy (non-hydrogen) atoms. The third kappa shape index (κ3) is 6.53. The Balaban J connectivity index is 0.00000261. The molecule has 0 bridgehead atoms. The van der Waals surface area contributed by atoms with Crippen molar-refractivity contribution >= 4 is 17.0 Å². The number of benzene rings is 3. The predicted molar refractivity (Wildman–Crippen MR) is 119 cm³/mol. The quantitative estimate of drug-likeness (QED) is 0.483. The number of halogens is 1. The number of aromatic hydroxyl groups is 1. The summed E-state index contributed by atoms with van der Waals surface area (Å²) in [7, 11) is 0. The average Bonchev–Trinajstić information content (AvgIpc) is 2.68. The lowest BCUT2D eigenvalue weighted by atomic mass is 9.88. The van der Waals surface area contributed by atoms with E-state index in [4.69, 9.17) is 0 Å². The molecule has 3 heteroatoms. The molecule has 0 fully saturated rings. The zero-order valence-electron chi connectivity index (χ0n) is 15.7. The van der Waals surface area contributed by atoms with E-state index in [0.29, 0.717) is 17.7 Å². The zero-order chi connectivity index (χ0) is 18.2. The highest BCUT2D eigenvalue weighted by Gasteiger charge is 2.14. The van der Waals surface area contributed by atoms with Crippen LogP contribution in [0.1, 0.15) is 36.0 Å². The van der Waals surface area contributed by atoms with Crippen LogP contribution in [0.3, 0.4) is 0 Å². The second kappa shape index (κ2) is 10.9. The first kappa shape index (κ1) is 21.2. The van der Waals surface area contributed by atoms with Crippen molar-refractivity contribution in [3.05, 3.63) is 102 Å². The van der Waals surface area contributed by atoms with E-state index in [1.165, 1.54) is 16.7 Å². The Labute approximate surface area is 173 Å². The van der Waals surface area contributed by atoms with E-state index in [1.54, 1.807) is 12.1 Å². The van der Waals surface area contributed by atoms with Gasteiger partial charge in [-0.05, 0) is 55.1 Å². The molecule has 0 saturated carbocycles. The smallest absolute Gasteiger partial charge is 0.115 e. The van der Waals surface area contributed by atoms with E-state index in [1.807, 2.05) is 12.1 Å². The van der Waals surface area contributed by atoms with Crippen LogP contribution in [0.4, 0.5) is 0 Å². The molecule has 2 nitrogen and oxygen atoms in total. The summed E-state index contributed by atoms with van der Waals surface area (Å²) >= 11 is 0. The van der Waals surface area contributed by atoms with E-state index in [9.17, 15) is 5.11 Å². The number of nitrogens with one attached hydrogen (secondary N) is 1. The Bertz CT molecular complexity index is 735. The SMILES string of the molecule is Br.CC(Cc1ccc(O)cc1)NCCC(c1ccccc1)c1ccccc1. The molecule has 0 aliphatic carbocycles. The molecule has 0 aliphatic heterocycles. The number of hydrogen-bond donors (Lipinski definition) is 2. The van der Waals surface area contributed by atoms with Gasteiger partial charge in [-0.2, -0.15) is 0 Å². The average molecular weight is 426 g/mol. The molecule has 142 valence electrons. The Hall–Kier alpha value is -2.10. The summed E-state index contributed by atoms with van der Waals surface area (Å²) in [5, 5.41) is 13.0. The first-order valence-corrected chi connectivity index (χ1v) is 9.33. The predicted octanol–water partition coefficient (Wildman–Crippen LogP) is 5.71.